The highest BCUT2D eigenvalue weighted by Crippen LogP contribution is 2.19. The Morgan fingerprint density at radius 3 is 2.48 bits per heavy atom. The number of halogens is 1. The smallest absolute Gasteiger partial charge is 0.261 e. The molecule has 4 heteroatoms. The van der Waals surface area contributed by atoms with Gasteiger partial charge in [0.1, 0.15) is 5.82 Å². The first-order valence-electron chi connectivity index (χ1n) is 6.83. The van der Waals surface area contributed by atoms with Gasteiger partial charge < -0.3 is 0 Å². The largest absolute Gasteiger partial charge is 0.288 e. The van der Waals surface area contributed by atoms with Crippen LogP contribution in [0, 0.1) is 0 Å². The van der Waals surface area contributed by atoms with Crippen molar-refractivity contribution in [2.75, 3.05) is 0 Å². The van der Waals surface area contributed by atoms with E-state index >= 15 is 0 Å². The Morgan fingerprint density at radius 1 is 1.10 bits per heavy atom. The molecule has 3 nitrogen and oxygen atoms in total. The van der Waals surface area contributed by atoms with Gasteiger partial charge in [-0.2, -0.15) is 0 Å². The van der Waals surface area contributed by atoms with Gasteiger partial charge in [-0.1, -0.05) is 42.5 Å². The minimum absolute atomic E-state index is 0.0485. The van der Waals surface area contributed by atoms with Crippen molar-refractivity contribution >= 4 is 22.5 Å². The second-order valence-corrected chi connectivity index (χ2v) is 5.21. The Hall–Kier alpha value is -2.13. The van der Waals surface area contributed by atoms with Crippen LogP contribution in [-0.4, -0.2) is 9.55 Å². The molecule has 1 unspecified atom stereocenters. The summed E-state index contributed by atoms with van der Waals surface area (Å²) >= 11 is 6.01. The van der Waals surface area contributed by atoms with Crippen LogP contribution in [0.3, 0.4) is 0 Å². The molecule has 1 atom stereocenters. The van der Waals surface area contributed by atoms with E-state index in [9.17, 15) is 4.79 Å². The molecule has 0 amide bonds. The van der Waals surface area contributed by atoms with Crippen molar-refractivity contribution in [3.05, 3.63) is 76.3 Å². The number of fused-ring (bicyclic) bond motifs is 1. The summed E-state index contributed by atoms with van der Waals surface area (Å²) in [6.45, 7) is 1.99. The van der Waals surface area contributed by atoms with E-state index in [1.165, 1.54) is 0 Å². The summed E-state index contributed by atoms with van der Waals surface area (Å²) in [6.07, 6.45) is 0. The van der Waals surface area contributed by atoms with Crippen molar-refractivity contribution in [1.82, 2.24) is 9.55 Å². The number of hydrogen-bond acceptors (Lipinski definition) is 2. The monoisotopic (exact) mass is 298 g/mol. The molecule has 21 heavy (non-hydrogen) atoms. The second kappa shape index (κ2) is 5.70. The number of benzene rings is 2. The molecule has 0 aliphatic heterocycles. The zero-order chi connectivity index (χ0) is 14.8. The van der Waals surface area contributed by atoms with Crippen LogP contribution in [0.4, 0.5) is 0 Å². The second-order valence-electron chi connectivity index (χ2n) is 4.94. The van der Waals surface area contributed by atoms with Crippen molar-refractivity contribution in [2.45, 2.75) is 18.8 Å². The standard InChI is InChI=1S/C17H15ClN2O/c1-12(13-7-3-2-4-8-13)20-16(11-18)19-15-10-6-5-9-14(15)17(20)21/h2-10,12H,11H2,1H3. The van der Waals surface area contributed by atoms with Crippen LogP contribution in [0.2, 0.25) is 0 Å². The van der Waals surface area contributed by atoms with E-state index in [0.29, 0.717) is 16.7 Å². The molecule has 1 heterocycles. The molecule has 0 radical (unpaired) electrons. The van der Waals surface area contributed by atoms with E-state index < -0.39 is 0 Å². The third kappa shape index (κ3) is 2.45. The zero-order valence-electron chi connectivity index (χ0n) is 11.7. The molecule has 0 spiro atoms. The van der Waals surface area contributed by atoms with Crippen LogP contribution in [0.25, 0.3) is 10.9 Å². The minimum atomic E-state index is -0.107. The third-order valence-electron chi connectivity index (χ3n) is 3.67. The quantitative estimate of drug-likeness (QED) is 0.690. The van der Waals surface area contributed by atoms with Crippen molar-refractivity contribution in [1.29, 1.82) is 0 Å². The normalized spacial score (nSPS) is 12.5. The van der Waals surface area contributed by atoms with Crippen LogP contribution in [0.1, 0.15) is 24.4 Å². The molecule has 0 aliphatic carbocycles. The van der Waals surface area contributed by atoms with Gasteiger partial charge in [0.15, 0.2) is 0 Å². The number of rotatable bonds is 3. The van der Waals surface area contributed by atoms with E-state index in [2.05, 4.69) is 4.98 Å². The van der Waals surface area contributed by atoms with E-state index in [0.717, 1.165) is 5.56 Å². The first-order valence-corrected chi connectivity index (χ1v) is 7.37. The van der Waals surface area contributed by atoms with Gasteiger partial charge in [0.25, 0.3) is 5.56 Å². The molecule has 2 aromatic carbocycles. The van der Waals surface area contributed by atoms with Gasteiger partial charge in [-0.05, 0) is 24.6 Å². The Bertz CT molecular complexity index is 827. The fourth-order valence-corrected chi connectivity index (χ4v) is 2.75. The Labute approximate surface area is 127 Å². The predicted molar refractivity (Wildman–Crippen MR) is 85.8 cm³/mol. The summed E-state index contributed by atoms with van der Waals surface area (Å²) < 4.78 is 1.69. The van der Waals surface area contributed by atoms with Crippen LogP contribution in [0.15, 0.2) is 59.4 Å². The maximum absolute atomic E-state index is 12.8. The average molecular weight is 299 g/mol. The SMILES string of the molecule is CC(c1ccccc1)n1c(CCl)nc2ccccc2c1=O. The summed E-state index contributed by atoms with van der Waals surface area (Å²) in [6, 6.07) is 17.2. The topological polar surface area (TPSA) is 34.9 Å². The van der Waals surface area contributed by atoms with Gasteiger partial charge in [-0.3, -0.25) is 9.36 Å². The molecule has 0 saturated heterocycles. The van der Waals surface area contributed by atoms with Crippen molar-refractivity contribution in [3.63, 3.8) is 0 Å². The molecule has 106 valence electrons. The fraction of sp³-hybridized carbons (Fsp3) is 0.176. The minimum Gasteiger partial charge on any atom is -0.288 e. The van der Waals surface area contributed by atoms with Gasteiger partial charge in [0, 0.05) is 0 Å². The molecule has 0 bridgehead atoms. The molecule has 3 rings (SSSR count). The molecular weight excluding hydrogens is 284 g/mol. The number of aromatic nitrogens is 2. The highest BCUT2D eigenvalue weighted by atomic mass is 35.5. The van der Waals surface area contributed by atoms with Crippen LogP contribution in [0.5, 0.6) is 0 Å². The van der Waals surface area contributed by atoms with Gasteiger partial charge in [0.05, 0.1) is 22.8 Å². The number of para-hydroxylation sites is 1. The Kier molecular flexibility index (Phi) is 3.76. The van der Waals surface area contributed by atoms with E-state index in [1.807, 2.05) is 55.5 Å². The van der Waals surface area contributed by atoms with Crippen LogP contribution >= 0.6 is 11.6 Å². The summed E-state index contributed by atoms with van der Waals surface area (Å²) in [5, 5.41) is 0.620. The summed E-state index contributed by atoms with van der Waals surface area (Å²) in [5.74, 6) is 0.800. The van der Waals surface area contributed by atoms with Crippen molar-refractivity contribution in [2.24, 2.45) is 0 Å². The third-order valence-corrected chi connectivity index (χ3v) is 3.91. The first kappa shape index (κ1) is 13.8. The lowest BCUT2D eigenvalue weighted by molar-refractivity contribution is 0.584. The lowest BCUT2D eigenvalue weighted by Crippen LogP contribution is -2.28. The maximum Gasteiger partial charge on any atom is 0.261 e. The van der Waals surface area contributed by atoms with Gasteiger partial charge in [-0.25, -0.2) is 4.98 Å². The molecule has 3 aromatic rings. The van der Waals surface area contributed by atoms with Crippen LogP contribution < -0.4 is 5.56 Å². The van der Waals surface area contributed by atoms with Gasteiger partial charge in [0.2, 0.25) is 0 Å². The van der Waals surface area contributed by atoms with Gasteiger partial charge >= 0.3 is 0 Å². The maximum atomic E-state index is 12.8. The number of alkyl halides is 1. The molecule has 1 aromatic heterocycles. The molecule has 0 fully saturated rings. The number of hydrogen-bond donors (Lipinski definition) is 0. The number of nitrogens with zero attached hydrogens (tertiary/aromatic N) is 2. The first-order chi connectivity index (χ1) is 10.2. The highest BCUT2D eigenvalue weighted by Gasteiger charge is 2.16. The lowest BCUT2D eigenvalue weighted by atomic mass is 10.1. The Morgan fingerprint density at radius 2 is 1.76 bits per heavy atom. The molecule has 0 aliphatic rings. The van der Waals surface area contributed by atoms with Gasteiger partial charge in [-0.15, -0.1) is 11.6 Å². The summed E-state index contributed by atoms with van der Waals surface area (Å²) in [7, 11) is 0. The van der Waals surface area contributed by atoms with Crippen molar-refractivity contribution < 1.29 is 0 Å². The van der Waals surface area contributed by atoms with E-state index in [4.69, 9.17) is 11.6 Å². The zero-order valence-corrected chi connectivity index (χ0v) is 12.4. The summed E-state index contributed by atoms with van der Waals surface area (Å²) in [4.78, 5) is 17.3. The predicted octanol–water partition coefficient (Wildman–Crippen LogP) is 3.74. The molecule has 0 saturated carbocycles. The summed E-state index contributed by atoms with van der Waals surface area (Å²) in [5.41, 5.74) is 1.70. The molecule has 0 N–H and O–H groups in total. The van der Waals surface area contributed by atoms with Crippen molar-refractivity contribution in [3.8, 4) is 0 Å². The van der Waals surface area contributed by atoms with Crippen LogP contribution in [-0.2, 0) is 5.88 Å². The van der Waals surface area contributed by atoms with E-state index in [1.54, 1.807) is 10.6 Å². The molecular formula is C17H15ClN2O. The average Bonchev–Trinajstić information content (AvgIpc) is 2.55. The van der Waals surface area contributed by atoms with E-state index in [-0.39, 0.29) is 17.5 Å². The highest BCUT2D eigenvalue weighted by molar-refractivity contribution is 6.16. The fourth-order valence-electron chi connectivity index (χ4n) is 2.57. The Balaban J connectivity index is 2.26. The lowest BCUT2D eigenvalue weighted by Gasteiger charge is -2.19.